The number of aliphatic carboxylic acids is 1. The van der Waals surface area contributed by atoms with Gasteiger partial charge in [0.25, 0.3) is 0 Å². The molecule has 170 valence electrons. The highest BCUT2D eigenvalue weighted by Crippen LogP contribution is 2.35. The summed E-state index contributed by atoms with van der Waals surface area (Å²) in [4.78, 5) is 10.5. The van der Waals surface area contributed by atoms with Crippen LogP contribution in [-0.4, -0.2) is 31.8 Å². The molecule has 0 atom stereocenters. The van der Waals surface area contributed by atoms with E-state index < -0.39 is 5.97 Å². The van der Waals surface area contributed by atoms with Gasteiger partial charge in [0.1, 0.15) is 18.0 Å². The lowest BCUT2D eigenvalue weighted by Crippen LogP contribution is -2.11. The molecular weight excluding hydrogens is 444 g/mol. The molecular formula is C24H28N2O4S2. The molecule has 6 nitrogen and oxygen atoms in total. The van der Waals surface area contributed by atoms with Crippen molar-refractivity contribution in [1.29, 1.82) is 0 Å². The van der Waals surface area contributed by atoms with Crippen molar-refractivity contribution >= 4 is 43.1 Å². The normalized spacial score (nSPS) is 10.2. The first-order chi connectivity index (χ1) is 15.0. The maximum absolute atomic E-state index is 10.5. The molecule has 0 radical (unpaired) electrons. The van der Waals surface area contributed by atoms with Gasteiger partial charge in [0.2, 0.25) is 0 Å². The molecule has 0 aliphatic heterocycles. The fraction of sp³-hybridized carbons (Fsp3) is 0.208. The van der Waals surface area contributed by atoms with Crippen molar-refractivity contribution in [1.82, 2.24) is 0 Å². The summed E-state index contributed by atoms with van der Waals surface area (Å²) in [7, 11) is 3.52. The van der Waals surface area contributed by atoms with Crippen molar-refractivity contribution in [3.8, 4) is 16.9 Å². The van der Waals surface area contributed by atoms with Crippen molar-refractivity contribution < 1.29 is 18.8 Å². The molecule has 0 heterocycles. The lowest BCUT2D eigenvalue weighted by atomic mass is 9.97. The molecule has 0 aliphatic rings. The van der Waals surface area contributed by atoms with Crippen LogP contribution in [0.1, 0.15) is 11.1 Å². The van der Waals surface area contributed by atoms with Gasteiger partial charge in [-0.15, -0.1) is 0 Å². The number of methoxy groups -OCH3 is 1. The van der Waals surface area contributed by atoms with Crippen LogP contribution in [0, 0.1) is 6.92 Å². The number of benzene rings is 3. The Morgan fingerprint density at radius 3 is 2.38 bits per heavy atom. The molecule has 32 heavy (non-hydrogen) atoms. The van der Waals surface area contributed by atoms with E-state index in [2.05, 4.69) is 36.5 Å². The van der Waals surface area contributed by atoms with Gasteiger partial charge in [-0.25, -0.2) is 4.79 Å². The van der Waals surface area contributed by atoms with Crippen molar-refractivity contribution in [3.05, 3.63) is 77.9 Å². The van der Waals surface area contributed by atoms with E-state index in [4.69, 9.17) is 14.0 Å². The average molecular weight is 473 g/mol. The molecule has 0 bridgehead atoms. The Kier molecular flexibility index (Phi) is 9.77. The quantitative estimate of drug-likeness (QED) is 0.298. The molecule has 0 amide bonds. The van der Waals surface area contributed by atoms with E-state index in [-0.39, 0.29) is 20.1 Å². The molecule has 8 heteroatoms. The number of carbonyl (C=O) groups is 1. The zero-order valence-electron chi connectivity index (χ0n) is 18.3. The summed E-state index contributed by atoms with van der Waals surface area (Å²) >= 11 is 0.995. The minimum atomic E-state index is -0.998. The van der Waals surface area contributed by atoms with E-state index in [1.807, 2.05) is 49.5 Å². The van der Waals surface area contributed by atoms with E-state index >= 15 is 0 Å². The Labute approximate surface area is 200 Å². The summed E-state index contributed by atoms with van der Waals surface area (Å²) in [6, 6.07) is 22.3. The van der Waals surface area contributed by atoms with E-state index in [1.54, 1.807) is 11.4 Å². The van der Waals surface area contributed by atoms with E-state index in [1.165, 1.54) is 5.56 Å². The summed E-state index contributed by atoms with van der Waals surface area (Å²) in [6.45, 7) is 2.37. The van der Waals surface area contributed by atoms with Gasteiger partial charge in [0, 0.05) is 36.1 Å². The molecule has 3 aromatic carbocycles. The number of carboxylic acid groups (broad SMARTS) is 1. The van der Waals surface area contributed by atoms with Gasteiger partial charge in [0.15, 0.2) is 6.61 Å². The topological polar surface area (TPSA) is 71.0 Å². The highest BCUT2D eigenvalue weighted by molar-refractivity contribution is 7.96. The molecule has 0 aromatic heterocycles. The summed E-state index contributed by atoms with van der Waals surface area (Å²) in [5, 5.41) is 12.1. The second kappa shape index (κ2) is 12.3. The molecule has 2 N–H and O–H groups in total. The number of anilines is 2. The van der Waals surface area contributed by atoms with Crippen LogP contribution in [0.2, 0.25) is 0 Å². The summed E-state index contributed by atoms with van der Waals surface area (Å²) in [5.74, 6) is -0.130. The molecule has 3 aromatic rings. The fourth-order valence-electron chi connectivity index (χ4n) is 3.24. The van der Waals surface area contributed by atoms with Crippen LogP contribution >= 0.6 is 25.7 Å². The Balaban J connectivity index is 0.00000363. The fourth-order valence-corrected chi connectivity index (χ4v) is 3.76. The molecule has 0 fully saturated rings. The lowest BCUT2D eigenvalue weighted by molar-refractivity contribution is -0.138. The first-order valence-electron chi connectivity index (χ1n) is 9.80. The number of hydrogen-bond donors (Lipinski definition) is 2. The highest BCUT2D eigenvalue weighted by atomic mass is 32.2. The van der Waals surface area contributed by atoms with Crippen LogP contribution < -0.4 is 14.4 Å². The van der Waals surface area contributed by atoms with Crippen molar-refractivity contribution in [3.63, 3.8) is 0 Å². The number of carboxylic acids is 1. The smallest absolute Gasteiger partial charge is 0.331 e. The first-order valence-corrected chi connectivity index (χ1v) is 10.5. The predicted molar refractivity (Wildman–Crippen MR) is 137 cm³/mol. The largest absolute Gasteiger partial charge is 0.496 e. The Bertz CT molecular complexity index is 1030. The number of para-hydroxylation sites is 1. The lowest BCUT2D eigenvalue weighted by Gasteiger charge is -2.18. The monoisotopic (exact) mass is 472 g/mol. The number of nitrogens with zero attached hydrogens (tertiary/aromatic N) is 1. The van der Waals surface area contributed by atoms with Crippen LogP contribution in [0.5, 0.6) is 5.75 Å². The van der Waals surface area contributed by atoms with Crippen LogP contribution in [0.15, 0.2) is 66.7 Å². The molecule has 0 aliphatic carbocycles. The van der Waals surface area contributed by atoms with Gasteiger partial charge in [-0.05, 0) is 42.3 Å². The first kappa shape index (κ1) is 25.5. The Hall–Kier alpha value is -2.81. The van der Waals surface area contributed by atoms with Crippen molar-refractivity contribution in [2.45, 2.75) is 13.5 Å². The average Bonchev–Trinajstić information content (AvgIpc) is 2.77. The van der Waals surface area contributed by atoms with Gasteiger partial charge >= 0.3 is 5.97 Å². The van der Waals surface area contributed by atoms with E-state index in [0.717, 1.165) is 46.0 Å². The zero-order valence-corrected chi connectivity index (χ0v) is 20.1. The van der Waals surface area contributed by atoms with Gasteiger partial charge in [-0.2, -0.15) is 13.5 Å². The standard InChI is InChI=1S/C24H26N2O4S.H2S/c1-17-7-4-5-9-21(17)22-10-6-8-18(24(22)29-3)15-25-19-11-13-20(14-12-19)26(2)31-30-16-23(27)28;/h4-14,25H,15-16H2,1-3H3,(H,27,28);1H2. The minimum absolute atomic E-state index is 0. The summed E-state index contributed by atoms with van der Waals surface area (Å²) < 4.78 is 12.6. The van der Waals surface area contributed by atoms with E-state index in [0.29, 0.717) is 6.54 Å². The number of aryl methyl sites for hydroxylation is 1. The summed E-state index contributed by atoms with van der Waals surface area (Å²) in [6.07, 6.45) is 0. The second-order valence-electron chi connectivity index (χ2n) is 6.94. The number of nitrogens with one attached hydrogen (secondary N) is 1. The Morgan fingerprint density at radius 2 is 1.72 bits per heavy atom. The molecule has 3 rings (SSSR count). The number of ether oxygens (including phenoxy) is 1. The third-order valence-electron chi connectivity index (χ3n) is 4.80. The molecule has 0 unspecified atom stereocenters. The second-order valence-corrected chi connectivity index (χ2v) is 7.87. The number of hydrogen-bond acceptors (Lipinski definition) is 6. The van der Waals surface area contributed by atoms with Crippen molar-refractivity contribution in [2.75, 3.05) is 30.4 Å². The molecule has 0 saturated heterocycles. The van der Waals surface area contributed by atoms with Gasteiger partial charge in [0.05, 0.1) is 7.11 Å². The van der Waals surface area contributed by atoms with Crippen LogP contribution in [0.3, 0.4) is 0 Å². The van der Waals surface area contributed by atoms with Crippen LogP contribution in [-0.2, 0) is 15.5 Å². The summed E-state index contributed by atoms with van der Waals surface area (Å²) in [5.41, 5.74) is 6.39. The maximum Gasteiger partial charge on any atom is 0.331 e. The molecule has 0 spiro atoms. The third-order valence-corrected chi connectivity index (χ3v) is 5.45. The highest BCUT2D eigenvalue weighted by Gasteiger charge is 2.12. The third kappa shape index (κ3) is 6.59. The van der Waals surface area contributed by atoms with Crippen LogP contribution in [0.4, 0.5) is 11.4 Å². The minimum Gasteiger partial charge on any atom is -0.496 e. The zero-order chi connectivity index (χ0) is 22.2. The van der Waals surface area contributed by atoms with E-state index in [9.17, 15) is 4.79 Å². The van der Waals surface area contributed by atoms with Gasteiger partial charge in [-0.1, -0.05) is 42.5 Å². The predicted octanol–water partition coefficient (Wildman–Crippen LogP) is 5.50. The van der Waals surface area contributed by atoms with Crippen molar-refractivity contribution in [2.24, 2.45) is 0 Å². The van der Waals surface area contributed by atoms with Gasteiger partial charge < -0.3 is 15.2 Å². The van der Waals surface area contributed by atoms with Crippen LogP contribution in [0.25, 0.3) is 11.1 Å². The van der Waals surface area contributed by atoms with Gasteiger partial charge in [-0.3, -0.25) is 8.49 Å². The SMILES string of the molecule is COc1c(CNc2ccc(N(C)SOCC(=O)O)cc2)cccc1-c1ccccc1C.S. The maximum atomic E-state index is 10.5. The molecule has 0 saturated carbocycles. The number of rotatable bonds is 10. The Morgan fingerprint density at radius 1 is 1.03 bits per heavy atom.